The number of rotatable bonds is 7. The molecule has 3 aromatic rings. The summed E-state index contributed by atoms with van der Waals surface area (Å²) in [6.45, 7) is 4.62. The van der Waals surface area contributed by atoms with Crippen LogP contribution in [-0.2, 0) is 6.18 Å². The molecule has 0 N–H and O–H groups in total. The van der Waals surface area contributed by atoms with Gasteiger partial charge in [-0.05, 0) is 64.6 Å². The molecule has 0 bridgehead atoms. The molecule has 0 aliphatic carbocycles. The van der Waals surface area contributed by atoms with Crippen LogP contribution < -0.4 is 0 Å². The molecule has 1 radical (unpaired) electrons. The summed E-state index contributed by atoms with van der Waals surface area (Å²) in [4.78, 5) is 0. The molecule has 0 amide bonds. The third-order valence-electron chi connectivity index (χ3n) is 7.10. The number of alkyl halides is 3. The molecule has 4 rings (SSSR count). The molecular weight excluding hydrogens is 445 g/mol. The Balaban J connectivity index is 1.53. The zero-order chi connectivity index (χ0) is 24.1. The highest BCUT2D eigenvalue weighted by Crippen LogP contribution is 2.39. The second-order valence-electron chi connectivity index (χ2n) is 10.1. The van der Waals surface area contributed by atoms with E-state index in [1.165, 1.54) is 61.5 Å². The molecule has 34 heavy (non-hydrogen) atoms. The number of halogens is 3. The van der Waals surface area contributed by atoms with Crippen molar-refractivity contribution < 1.29 is 13.2 Å². The van der Waals surface area contributed by atoms with Crippen LogP contribution in [0.15, 0.2) is 72.8 Å². The van der Waals surface area contributed by atoms with Gasteiger partial charge in [0.2, 0.25) is 0 Å². The van der Waals surface area contributed by atoms with E-state index in [9.17, 15) is 13.2 Å². The summed E-state index contributed by atoms with van der Waals surface area (Å²) < 4.78 is 39.9. The first-order valence-corrected chi connectivity index (χ1v) is 14.6. The van der Waals surface area contributed by atoms with Crippen LogP contribution in [0.2, 0.25) is 18.1 Å². The van der Waals surface area contributed by atoms with E-state index in [0.717, 1.165) is 28.7 Å². The molecule has 0 atom stereocenters. The minimum absolute atomic E-state index is 0.195. The smallest absolute Gasteiger partial charge is 0.166 e. The predicted molar refractivity (Wildman–Crippen MR) is 139 cm³/mol. The predicted octanol–water partition coefficient (Wildman–Crippen LogP) is 9.85. The van der Waals surface area contributed by atoms with Crippen LogP contribution in [0, 0.1) is 5.92 Å². The Morgan fingerprint density at radius 3 is 2.06 bits per heavy atom. The van der Waals surface area contributed by atoms with Crippen molar-refractivity contribution in [3.8, 4) is 22.3 Å². The maximum atomic E-state index is 13.3. The van der Waals surface area contributed by atoms with Crippen molar-refractivity contribution in [1.82, 2.24) is 0 Å². The first-order valence-electron chi connectivity index (χ1n) is 12.5. The summed E-state index contributed by atoms with van der Waals surface area (Å²) >= 11 is 0. The van der Waals surface area contributed by atoms with Gasteiger partial charge in [-0.1, -0.05) is 105 Å². The van der Waals surface area contributed by atoms with E-state index in [0.29, 0.717) is 11.5 Å². The zero-order valence-electron chi connectivity index (χ0n) is 20.2. The van der Waals surface area contributed by atoms with Crippen LogP contribution in [0.3, 0.4) is 0 Å². The van der Waals surface area contributed by atoms with Crippen molar-refractivity contribution in [2.24, 2.45) is 5.92 Å². The van der Waals surface area contributed by atoms with Crippen LogP contribution >= 0.6 is 0 Å². The first-order chi connectivity index (χ1) is 16.3. The van der Waals surface area contributed by atoms with Crippen LogP contribution in [0.4, 0.5) is 13.2 Å². The second-order valence-corrected chi connectivity index (χ2v) is 13.1. The molecule has 1 aliphatic rings. The third-order valence-corrected chi connectivity index (χ3v) is 10.2. The summed E-state index contributed by atoms with van der Waals surface area (Å²) in [6, 6.07) is 26.4. The van der Waals surface area contributed by atoms with E-state index in [1.807, 2.05) is 24.3 Å². The lowest BCUT2D eigenvalue weighted by Gasteiger charge is -2.28. The molecule has 3 aromatic carbocycles. The Morgan fingerprint density at radius 2 is 1.44 bits per heavy atom. The van der Waals surface area contributed by atoms with Crippen molar-refractivity contribution in [3.63, 3.8) is 0 Å². The fraction of sp³-hybridized carbons (Fsp3) is 0.400. The van der Waals surface area contributed by atoms with Crippen LogP contribution in [-0.4, -0.2) is 8.80 Å². The number of benzene rings is 3. The monoisotopic (exact) mass is 479 g/mol. The lowest BCUT2D eigenvalue weighted by atomic mass is 9.88. The SMILES string of the molecule is CC(C)CCC[Si]1CCC(c2cccc(-c3ccccc3-c3cccc(C(F)(F)F)c3)c2)CC1. The lowest BCUT2D eigenvalue weighted by Crippen LogP contribution is -2.20. The van der Waals surface area contributed by atoms with Crippen molar-refractivity contribution in [2.75, 3.05) is 0 Å². The third kappa shape index (κ3) is 6.21. The fourth-order valence-corrected chi connectivity index (χ4v) is 8.15. The molecule has 0 aromatic heterocycles. The maximum absolute atomic E-state index is 13.3. The topological polar surface area (TPSA) is 0 Å². The largest absolute Gasteiger partial charge is 0.416 e. The standard InChI is InChI=1S/C30H34F3Si/c1-22(2)8-7-17-34-18-15-23(16-19-34)24-9-5-10-25(20-24)28-13-3-4-14-29(28)26-11-6-12-27(21-26)30(31,32)33/h3-6,9-14,20-23H,7-8,15-19H2,1-2H3. The van der Waals surface area contributed by atoms with Gasteiger partial charge >= 0.3 is 6.18 Å². The van der Waals surface area contributed by atoms with Crippen LogP contribution in [0.1, 0.15) is 56.6 Å². The Hall–Kier alpha value is -2.33. The van der Waals surface area contributed by atoms with Gasteiger partial charge in [0.25, 0.3) is 0 Å². The van der Waals surface area contributed by atoms with E-state index in [1.54, 1.807) is 6.07 Å². The molecule has 0 unspecified atom stereocenters. The molecule has 1 aliphatic heterocycles. The Labute approximate surface area is 203 Å². The zero-order valence-corrected chi connectivity index (χ0v) is 21.2. The minimum atomic E-state index is -4.35. The average molecular weight is 480 g/mol. The van der Waals surface area contributed by atoms with Crippen molar-refractivity contribution in [2.45, 2.75) is 69.8 Å². The van der Waals surface area contributed by atoms with Gasteiger partial charge in [-0.2, -0.15) is 13.2 Å². The van der Waals surface area contributed by atoms with Gasteiger partial charge in [-0.3, -0.25) is 0 Å². The average Bonchev–Trinajstić information content (AvgIpc) is 2.84. The van der Waals surface area contributed by atoms with Crippen molar-refractivity contribution in [3.05, 3.63) is 83.9 Å². The number of hydrogen-bond acceptors (Lipinski definition) is 0. The maximum Gasteiger partial charge on any atom is 0.416 e. The van der Waals surface area contributed by atoms with E-state index < -0.39 is 11.7 Å². The normalized spacial score (nSPS) is 15.7. The highest BCUT2D eigenvalue weighted by Gasteiger charge is 2.30. The van der Waals surface area contributed by atoms with Crippen molar-refractivity contribution in [1.29, 1.82) is 0 Å². The van der Waals surface area contributed by atoms with Crippen molar-refractivity contribution >= 4 is 8.80 Å². The Morgan fingerprint density at radius 1 is 0.824 bits per heavy atom. The van der Waals surface area contributed by atoms with E-state index in [-0.39, 0.29) is 8.80 Å². The molecule has 0 nitrogen and oxygen atoms in total. The highest BCUT2D eigenvalue weighted by molar-refractivity contribution is 6.59. The molecular formula is C30H34F3Si. The van der Waals surface area contributed by atoms with E-state index in [4.69, 9.17) is 0 Å². The molecule has 1 saturated heterocycles. The Kier molecular flexibility index (Phi) is 7.97. The van der Waals surface area contributed by atoms with Gasteiger partial charge in [0.1, 0.15) is 0 Å². The molecule has 4 heteroatoms. The van der Waals surface area contributed by atoms with Crippen LogP contribution in [0.25, 0.3) is 22.3 Å². The summed E-state index contributed by atoms with van der Waals surface area (Å²) in [5.41, 5.74) is 4.27. The molecule has 179 valence electrons. The van der Waals surface area contributed by atoms with Gasteiger partial charge in [0.15, 0.2) is 0 Å². The van der Waals surface area contributed by atoms with E-state index in [2.05, 4.69) is 38.1 Å². The Bertz CT molecular complexity index is 1080. The number of hydrogen-bond donors (Lipinski definition) is 0. The van der Waals surface area contributed by atoms with Crippen LogP contribution in [0.5, 0.6) is 0 Å². The van der Waals surface area contributed by atoms with Gasteiger partial charge in [0, 0.05) is 8.80 Å². The molecule has 0 saturated carbocycles. The quantitative estimate of drug-likeness (QED) is 0.296. The van der Waals surface area contributed by atoms with Gasteiger partial charge in [0.05, 0.1) is 5.56 Å². The fourth-order valence-electron chi connectivity index (χ4n) is 5.18. The summed E-state index contributed by atoms with van der Waals surface area (Å²) in [5, 5.41) is 0. The molecule has 0 spiro atoms. The minimum Gasteiger partial charge on any atom is -0.166 e. The van der Waals surface area contributed by atoms with Gasteiger partial charge < -0.3 is 0 Å². The van der Waals surface area contributed by atoms with Gasteiger partial charge in [-0.25, -0.2) is 0 Å². The summed E-state index contributed by atoms with van der Waals surface area (Å²) in [6.07, 6.45) is 0.938. The highest BCUT2D eigenvalue weighted by atomic mass is 28.3. The lowest BCUT2D eigenvalue weighted by molar-refractivity contribution is -0.137. The van der Waals surface area contributed by atoms with Gasteiger partial charge in [-0.15, -0.1) is 0 Å². The molecule has 1 fully saturated rings. The molecule has 1 heterocycles. The van der Waals surface area contributed by atoms with E-state index >= 15 is 0 Å². The second kappa shape index (κ2) is 10.9. The summed E-state index contributed by atoms with van der Waals surface area (Å²) in [5.74, 6) is 1.40. The first kappa shape index (κ1) is 24.8. The summed E-state index contributed by atoms with van der Waals surface area (Å²) in [7, 11) is -0.195.